The molecule has 29 nitrogen and oxygen atoms in total. The van der Waals surface area contributed by atoms with Gasteiger partial charge >= 0.3 is 20.2 Å². The Kier molecular flexibility index (Phi) is 30.5. The summed E-state index contributed by atoms with van der Waals surface area (Å²) in [6, 6.07) is 52.4. The molecule has 0 aliphatic carbocycles. The van der Waals surface area contributed by atoms with Crippen molar-refractivity contribution in [3.63, 3.8) is 0 Å². The van der Waals surface area contributed by atoms with Gasteiger partial charge in [-0.3, -0.25) is 9.89 Å². The third-order valence-electron chi connectivity index (χ3n) is 19.1. The number of aromatic nitrogens is 12. The van der Waals surface area contributed by atoms with E-state index < -0.39 is 17.9 Å². The maximum Gasteiger partial charge on any atom is 0.410 e. The number of hydrogen-bond donors (Lipinski definition) is 9. The average molecular weight is 1600 g/mol. The third kappa shape index (κ3) is 23.8. The number of ether oxygens (including phenoxy) is 5. The number of H-pyrrole nitrogens is 1. The van der Waals surface area contributed by atoms with E-state index >= 15 is 0 Å². The number of likely N-dealkylation sites (tertiary alicyclic amines) is 1. The number of fused-ring (bicyclic) bond motifs is 3. The number of hydrogen-bond acceptors (Lipinski definition) is 26. The lowest BCUT2D eigenvalue weighted by Crippen LogP contribution is -2.46. The van der Waals surface area contributed by atoms with E-state index in [-0.39, 0.29) is 37.4 Å². The van der Waals surface area contributed by atoms with Gasteiger partial charge in [0, 0.05) is 49.4 Å². The van der Waals surface area contributed by atoms with Gasteiger partial charge in [0.15, 0.2) is 16.9 Å². The molecule has 0 spiro atoms. The minimum Gasteiger partial charge on any atom is -0.457 e. The number of benzene rings is 6. The lowest BCUT2D eigenvalue weighted by Gasteiger charge is -2.34. The summed E-state index contributed by atoms with van der Waals surface area (Å²) in [5, 5.41) is 49.7. The maximum atomic E-state index is 12.7. The molecule has 11 N–H and O–H groups in total. The van der Waals surface area contributed by atoms with Gasteiger partial charge in [-0.15, -0.1) is 0 Å². The largest absolute Gasteiger partial charge is 0.457 e. The summed E-state index contributed by atoms with van der Waals surface area (Å²) < 4.78 is 32.5. The number of aliphatic hydroxyl groups excluding tert-OH is 1. The molecule has 0 radical (unpaired) electrons. The molecule has 600 valence electrons. The Balaban J connectivity index is 0.000000148. The highest BCUT2D eigenvalue weighted by Gasteiger charge is 2.32. The molecule has 10 heterocycles. The second-order valence-corrected chi connectivity index (χ2v) is 29.3. The SMILES string of the molecule is C=CC(=O)Cl.CB(O)N1CCC[C@H](O)C1.CB(O)N1CCC[C@H](OCS)C1.CC(C)(C)OC(=O)N1CCC[C@@H](n2nc(-c3ccc(Oc4ccccc4)cc3)c3c(N)ncnc32)C1.Nc1ncnc2c1c(-c1ccc(Oc3ccccc3)cc1)nn2[C@@H]1CCCNC1.Nc1ncnc2n[nH]c(-c3ccc(Oc4ccccc4)cc3)c12. The van der Waals surface area contributed by atoms with Crippen LogP contribution in [-0.4, -0.2) is 191 Å². The van der Waals surface area contributed by atoms with Gasteiger partial charge in [-0.25, -0.2) is 44.1 Å². The molecule has 0 saturated carbocycles. The molecular formula is C82H98B2ClN19O10S. The highest BCUT2D eigenvalue weighted by molar-refractivity contribution is 7.80. The number of aromatic amines is 1. The second kappa shape index (κ2) is 41.3. The summed E-state index contributed by atoms with van der Waals surface area (Å²) in [7, 11) is -0.758. The molecule has 4 aliphatic heterocycles. The van der Waals surface area contributed by atoms with Crippen LogP contribution in [0.1, 0.15) is 84.2 Å². The standard InChI is InChI=1S/C27H30N6O3.C22H22N6O.C17H13N5O.C7H16BNO2S.C6H14BNO2.C3H3ClO/c1-27(2,3)36-26(34)32-15-7-8-19(16-32)33-25-22(24(28)29-17-30-25)23(31-33)18-11-13-21(14-12-18)35-20-9-5-4-6-10-20;23-21-19-20(15-8-10-18(11-9-15)29-17-6-2-1-3-7-17)27-28(22(19)26-14-25-21)16-5-4-12-24-13-16;18-16-14-15(21-22-17(14)20-10-19-16)11-6-8-13(9-7-11)23-12-4-2-1-3-5-12;1-8(10)9-4-2-3-7(5-9)11-6-12;1-7(10)8-4-2-3-6(9)5-8;1-2-3(4)5/h4-6,9-14,17,19H,7-8,15-16H2,1-3H3,(H2,28,29,30);1-3,6-11,14,16,24H,4-5,12-13H2,(H2,23,25,26);1-10H,(H3,18,19,20,21,22);7,10,12H,2-6H2,1H3;6,9-10H,2-5H2,1H3;2H,1H2/t19-;16-;;7-;6-;/m11.00./s1. The fraction of sp³-hybridized carbons (Fsp3) is 0.329. The number of β-amino-alcohol motifs (C(OH)–C–C–N with tert-alkyl or cyclic N) is 1. The van der Waals surface area contributed by atoms with Crippen molar-refractivity contribution in [2.24, 2.45) is 0 Å². The highest BCUT2D eigenvalue weighted by Crippen LogP contribution is 2.38. The number of para-hydroxylation sites is 3. The number of nitrogen functional groups attached to an aromatic ring is 3. The topological polar surface area (TPSA) is 382 Å². The van der Waals surface area contributed by atoms with Crippen molar-refractivity contribution in [3.05, 3.63) is 195 Å². The molecule has 4 saturated heterocycles. The zero-order valence-electron chi connectivity index (χ0n) is 65.1. The fourth-order valence-corrected chi connectivity index (χ4v) is 13.7. The van der Waals surface area contributed by atoms with Gasteiger partial charge in [-0.2, -0.15) is 27.9 Å². The number of nitrogens with zero attached hydrogens (tertiary/aromatic N) is 14. The third-order valence-corrected chi connectivity index (χ3v) is 19.4. The fourth-order valence-electron chi connectivity index (χ4n) is 13.5. The van der Waals surface area contributed by atoms with Crippen molar-refractivity contribution in [2.75, 3.05) is 75.5 Å². The van der Waals surface area contributed by atoms with E-state index in [0.29, 0.717) is 65.4 Å². The first kappa shape index (κ1) is 84.8. The van der Waals surface area contributed by atoms with Gasteiger partial charge in [0.25, 0.3) is 0 Å². The zero-order chi connectivity index (χ0) is 81.4. The molecule has 4 atom stereocenters. The Bertz CT molecular complexity index is 5070. The lowest BCUT2D eigenvalue weighted by atomic mass is 9.82. The number of nitrogens with two attached hydrogens (primary N) is 3. The Morgan fingerprint density at radius 1 is 0.574 bits per heavy atom. The minimum absolute atomic E-state index is 0.0579. The van der Waals surface area contributed by atoms with Gasteiger partial charge in [0.1, 0.15) is 87.9 Å². The first-order chi connectivity index (χ1) is 55.6. The monoisotopic (exact) mass is 1600 g/mol. The first-order valence-corrected chi connectivity index (χ1v) is 39.3. The van der Waals surface area contributed by atoms with Crippen LogP contribution in [0.2, 0.25) is 13.6 Å². The predicted molar refractivity (Wildman–Crippen MR) is 454 cm³/mol. The molecule has 0 bridgehead atoms. The maximum absolute atomic E-state index is 12.7. The highest BCUT2D eigenvalue weighted by atomic mass is 35.5. The summed E-state index contributed by atoms with van der Waals surface area (Å²) in [6.07, 6.45) is 13.1. The number of anilines is 3. The van der Waals surface area contributed by atoms with Gasteiger partial charge in [-0.05, 0) is 232 Å². The zero-order valence-corrected chi connectivity index (χ0v) is 66.8. The van der Waals surface area contributed by atoms with E-state index in [4.69, 9.17) is 67.7 Å². The van der Waals surface area contributed by atoms with Crippen molar-refractivity contribution >= 4 is 100 Å². The molecule has 0 unspecified atom stereocenters. The number of carbonyl (C=O) groups excluding carboxylic acids is 2. The van der Waals surface area contributed by atoms with Gasteiger partial charge < -0.3 is 75.9 Å². The normalized spacial score (nSPS) is 16.9. The smallest absolute Gasteiger partial charge is 0.410 e. The van der Waals surface area contributed by atoms with E-state index in [0.717, 1.165) is 169 Å². The van der Waals surface area contributed by atoms with Crippen molar-refractivity contribution in [1.82, 2.24) is 79.5 Å². The van der Waals surface area contributed by atoms with E-state index in [1.165, 1.54) is 19.0 Å². The molecule has 6 aromatic heterocycles. The quantitative estimate of drug-likeness (QED) is 0.0143. The Hall–Kier alpha value is -11.1. The molecule has 16 rings (SSSR count). The number of piperidine rings is 4. The Labute approximate surface area is 679 Å². The van der Waals surface area contributed by atoms with Crippen LogP contribution in [0.15, 0.2) is 195 Å². The van der Waals surface area contributed by atoms with Crippen molar-refractivity contribution in [2.45, 2.75) is 116 Å². The number of thiol groups is 1. The van der Waals surface area contributed by atoms with E-state index in [2.05, 4.69) is 64.6 Å². The number of rotatable bonds is 16. The molecule has 33 heteroatoms. The Morgan fingerprint density at radius 2 is 1.01 bits per heavy atom. The molecule has 12 aromatic rings. The molecular weight excluding hydrogens is 1500 g/mol. The van der Waals surface area contributed by atoms with Gasteiger partial charge in [0.05, 0.1) is 52.1 Å². The van der Waals surface area contributed by atoms with E-state index in [9.17, 15) is 19.7 Å². The van der Waals surface area contributed by atoms with Crippen LogP contribution in [0, 0.1) is 0 Å². The number of amides is 1. The molecule has 6 aromatic carbocycles. The van der Waals surface area contributed by atoms with Crippen LogP contribution in [0.4, 0.5) is 22.2 Å². The number of allylic oxidation sites excluding steroid dienone is 1. The number of carbonyl (C=O) groups is 2. The van der Waals surface area contributed by atoms with E-state index in [1.54, 1.807) is 18.5 Å². The second-order valence-electron chi connectivity index (χ2n) is 28.7. The van der Waals surface area contributed by atoms with Crippen LogP contribution >= 0.6 is 24.2 Å². The van der Waals surface area contributed by atoms with Crippen molar-refractivity contribution in [3.8, 4) is 68.3 Å². The van der Waals surface area contributed by atoms with Crippen LogP contribution in [0.3, 0.4) is 0 Å². The van der Waals surface area contributed by atoms with E-state index in [1.807, 2.05) is 204 Å². The summed E-state index contributed by atoms with van der Waals surface area (Å²) in [5.74, 6) is 6.30. The number of nitrogens with one attached hydrogen (secondary N) is 2. The average Bonchev–Trinajstić information content (AvgIpc) is 1.62. The molecule has 1 amide bonds. The summed E-state index contributed by atoms with van der Waals surface area (Å²) in [4.78, 5) is 53.4. The summed E-state index contributed by atoms with van der Waals surface area (Å²) in [6.45, 7) is 18.6. The van der Waals surface area contributed by atoms with Crippen molar-refractivity contribution < 1.29 is 48.4 Å². The van der Waals surface area contributed by atoms with Crippen molar-refractivity contribution in [1.29, 1.82) is 0 Å². The number of halogens is 1. The molecule has 4 aliphatic rings. The predicted octanol–water partition coefficient (Wildman–Crippen LogP) is 13.6. The summed E-state index contributed by atoms with van der Waals surface area (Å²) in [5.41, 5.74) is 25.0. The van der Waals surface area contributed by atoms with Crippen LogP contribution < -0.4 is 36.7 Å². The van der Waals surface area contributed by atoms with Crippen LogP contribution in [0.5, 0.6) is 34.5 Å². The van der Waals surface area contributed by atoms with Crippen LogP contribution in [0.25, 0.3) is 66.9 Å². The van der Waals surface area contributed by atoms with Crippen LogP contribution in [-0.2, 0) is 14.3 Å². The molecule has 115 heavy (non-hydrogen) atoms. The lowest BCUT2D eigenvalue weighted by molar-refractivity contribution is -0.107. The van der Waals surface area contributed by atoms with Gasteiger partial charge in [-0.1, -0.05) is 61.2 Å². The minimum atomic E-state index is -0.548. The molecule has 4 fully saturated rings. The summed E-state index contributed by atoms with van der Waals surface area (Å²) >= 11 is 8.71. The first-order valence-electron chi connectivity index (χ1n) is 38.3. The van der Waals surface area contributed by atoms with Gasteiger partial charge in [0.2, 0.25) is 5.24 Å². The number of aliphatic hydroxyl groups is 1. The Morgan fingerprint density at radius 3 is 1.45 bits per heavy atom.